The topological polar surface area (TPSA) is 39.8 Å². The van der Waals surface area contributed by atoms with Crippen molar-refractivity contribution >= 4 is 22.6 Å². The second kappa shape index (κ2) is 7.64. The molecular formula is C18H26IN3O. The van der Waals surface area contributed by atoms with Crippen LogP contribution in [-0.2, 0) is 24.9 Å². The van der Waals surface area contributed by atoms with Crippen molar-refractivity contribution in [2.75, 3.05) is 4.43 Å². The van der Waals surface area contributed by atoms with Crippen LogP contribution in [0.25, 0.3) is 0 Å². The van der Waals surface area contributed by atoms with E-state index < -0.39 is 0 Å². The van der Waals surface area contributed by atoms with Gasteiger partial charge in [-0.15, -0.1) is 0 Å². The fourth-order valence-corrected chi connectivity index (χ4v) is 2.98. The number of benzene rings is 1. The number of aromatic nitrogens is 3. The van der Waals surface area contributed by atoms with E-state index in [-0.39, 0.29) is 11.1 Å². The number of rotatable bonds is 6. The van der Waals surface area contributed by atoms with Gasteiger partial charge in [0.25, 0.3) is 0 Å². The summed E-state index contributed by atoms with van der Waals surface area (Å²) in [6, 6.07) is 8.49. The van der Waals surface area contributed by atoms with Crippen LogP contribution in [-0.4, -0.2) is 18.8 Å². The van der Waals surface area contributed by atoms with Crippen LogP contribution in [0.15, 0.2) is 29.1 Å². The molecule has 0 aliphatic heterocycles. The summed E-state index contributed by atoms with van der Waals surface area (Å²) in [5, 5.41) is 4.55. The Labute approximate surface area is 152 Å². The number of halogens is 1. The van der Waals surface area contributed by atoms with E-state index in [2.05, 4.69) is 72.7 Å². The van der Waals surface area contributed by atoms with Crippen LogP contribution in [0.2, 0.25) is 0 Å². The molecule has 0 radical (unpaired) electrons. The zero-order valence-electron chi connectivity index (χ0n) is 14.5. The van der Waals surface area contributed by atoms with Crippen molar-refractivity contribution in [2.24, 2.45) is 0 Å². The number of hydrogen-bond donors (Lipinski definition) is 0. The molecule has 0 unspecified atom stereocenters. The molecule has 0 amide bonds. The Bertz CT molecular complexity index is 693. The SMILES string of the molecule is CCn1c(CCCI)nn(Cc2ccc(C(C)(C)C)cc2)c1=O. The summed E-state index contributed by atoms with van der Waals surface area (Å²) in [6.07, 6.45) is 1.92. The van der Waals surface area contributed by atoms with E-state index in [9.17, 15) is 4.79 Å². The van der Waals surface area contributed by atoms with Crippen molar-refractivity contribution in [3.63, 3.8) is 0 Å². The molecule has 1 aromatic carbocycles. The van der Waals surface area contributed by atoms with E-state index in [1.807, 2.05) is 6.92 Å². The first-order chi connectivity index (χ1) is 10.9. The van der Waals surface area contributed by atoms with Crippen molar-refractivity contribution in [3.8, 4) is 0 Å². The van der Waals surface area contributed by atoms with Gasteiger partial charge >= 0.3 is 5.69 Å². The average Bonchev–Trinajstić information content (AvgIpc) is 2.80. The minimum absolute atomic E-state index is 0.00384. The Hall–Kier alpha value is -1.11. The van der Waals surface area contributed by atoms with E-state index in [0.717, 1.165) is 28.7 Å². The van der Waals surface area contributed by atoms with E-state index in [1.165, 1.54) is 5.56 Å². The summed E-state index contributed by atoms with van der Waals surface area (Å²) < 4.78 is 4.46. The van der Waals surface area contributed by atoms with Crippen LogP contribution in [0, 0.1) is 0 Å². The zero-order valence-corrected chi connectivity index (χ0v) is 16.6. The van der Waals surface area contributed by atoms with Crippen molar-refractivity contribution in [2.45, 2.75) is 59.0 Å². The summed E-state index contributed by atoms with van der Waals surface area (Å²) in [6.45, 7) is 9.82. The number of alkyl halides is 1. The third-order valence-corrected chi connectivity index (χ3v) is 4.76. The minimum Gasteiger partial charge on any atom is -0.279 e. The zero-order chi connectivity index (χ0) is 17.0. The number of hydrogen-bond acceptors (Lipinski definition) is 2. The van der Waals surface area contributed by atoms with E-state index in [0.29, 0.717) is 13.1 Å². The van der Waals surface area contributed by atoms with Crippen molar-refractivity contribution in [1.29, 1.82) is 0 Å². The Morgan fingerprint density at radius 2 is 1.83 bits per heavy atom. The van der Waals surface area contributed by atoms with Gasteiger partial charge in [0, 0.05) is 13.0 Å². The first-order valence-electron chi connectivity index (χ1n) is 8.18. The molecular weight excluding hydrogens is 401 g/mol. The molecule has 1 aromatic heterocycles. The Morgan fingerprint density at radius 1 is 1.17 bits per heavy atom. The van der Waals surface area contributed by atoms with Crippen LogP contribution in [0.4, 0.5) is 0 Å². The summed E-state index contributed by atoms with van der Waals surface area (Å²) in [4.78, 5) is 12.5. The lowest BCUT2D eigenvalue weighted by molar-refractivity contribution is 0.588. The Morgan fingerprint density at radius 3 is 2.35 bits per heavy atom. The third-order valence-electron chi connectivity index (χ3n) is 4.00. The standard InChI is InChI=1S/C18H26IN3O/c1-5-21-16(7-6-12-19)20-22(17(21)23)13-14-8-10-15(11-9-14)18(2,3)4/h8-11H,5-7,12-13H2,1-4H3. The minimum atomic E-state index is -0.00384. The summed E-state index contributed by atoms with van der Waals surface area (Å²) in [5.74, 6) is 0.903. The lowest BCUT2D eigenvalue weighted by Gasteiger charge is -2.19. The third kappa shape index (κ3) is 4.46. The second-order valence-electron chi connectivity index (χ2n) is 6.84. The molecule has 0 spiro atoms. The molecule has 23 heavy (non-hydrogen) atoms. The first-order valence-corrected chi connectivity index (χ1v) is 9.71. The smallest absolute Gasteiger partial charge is 0.279 e. The second-order valence-corrected chi connectivity index (χ2v) is 7.92. The van der Waals surface area contributed by atoms with Crippen LogP contribution >= 0.6 is 22.6 Å². The van der Waals surface area contributed by atoms with Crippen molar-refractivity contribution in [1.82, 2.24) is 14.3 Å². The molecule has 2 aromatic rings. The molecule has 1 heterocycles. The normalized spacial score (nSPS) is 11.9. The van der Waals surface area contributed by atoms with Gasteiger partial charge in [-0.3, -0.25) is 4.57 Å². The molecule has 0 aliphatic rings. The van der Waals surface area contributed by atoms with E-state index >= 15 is 0 Å². The van der Waals surface area contributed by atoms with Gasteiger partial charge in [0.15, 0.2) is 0 Å². The summed E-state index contributed by atoms with van der Waals surface area (Å²) in [7, 11) is 0. The van der Waals surface area contributed by atoms with Gasteiger partial charge in [0.05, 0.1) is 6.54 Å². The highest BCUT2D eigenvalue weighted by Crippen LogP contribution is 2.22. The molecule has 0 atom stereocenters. The molecule has 4 nitrogen and oxygen atoms in total. The van der Waals surface area contributed by atoms with Crippen molar-refractivity contribution in [3.05, 3.63) is 51.7 Å². The molecule has 0 aliphatic carbocycles. The van der Waals surface area contributed by atoms with Crippen LogP contribution in [0.5, 0.6) is 0 Å². The van der Waals surface area contributed by atoms with Gasteiger partial charge in [0.2, 0.25) is 0 Å². The molecule has 2 rings (SSSR count). The van der Waals surface area contributed by atoms with Gasteiger partial charge in [-0.25, -0.2) is 9.48 Å². The first kappa shape index (κ1) is 18.2. The summed E-state index contributed by atoms with van der Waals surface area (Å²) >= 11 is 2.36. The maximum Gasteiger partial charge on any atom is 0.346 e. The monoisotopic (exact) mass is 427 g/mol. The van der Waals surface area contributed by atoms with Gasteiger partial charge in [0.1, 0.15) is 5.82 Å². The van der Waals surface area contributed by atoms with Gasteiger partial charge < -0.3 is 0 Å². The fourth-order valence-electron chi connectivity index (χ4n) is 2.60. The fraction of sp³-hybridized carbons (Fsp3) is 0.556. The van der Waals surface area contributed by atoms with Crippen LogP contribution in [0.3, 0.4) is 0 Å². The maximum absolute atomic E-state index is 12.5. The lowest BCUT2D eigenvalue weighted by atomic mass is 9.87. The highest BCUT2D eigenvalue weighted by Gasteiger charge is 2.14. The average molecular weight is 427 g/mol. The molecule has 126 valence electrons. The van der Waals surface area contributed by atoms with Gasteiger partial charge in [-0.2, -0.15) is 5.10 Å². The van der Waals surface area contributed by atoms with Crippen LogP contribution < -0.4 is 5.69 Å². The quantitative estimate of drug-likeness (QED) is 0.520. The van der Waals surface area contributed by atoms with Gasteiger partial charge in [-0.05, 0) is 34.3 Å². The Balaban J connectivity index is 2.23. The lowest BCUT2D eigenvalue weighted by Crippen LogP contribution is -2.25. The highest BCUT2D eigenvalue weighted by molar-refractivity contribution is 14.1. The highest BCUT2D eigenvalue weighted by atomic mass is 127. The molecule has 0 N–H and O–H groups in total. The molecule has 5 heteroatoms. The van der Waals surface area contributed by atoms with E-state index in [1.54, 1.807) is 9.25 Å². The largest absolute Gasteiger partial charge is 0.346 e. The summed E-state index contributed by atoms with van der Waals surface area (Å²) in [5.41, 5.74) is 2.55. The van der Waals surface area contributed by atoms with Crippen molar-refractivity contribution < 1.29 is 0 Å². The Kier molecular flexibility index (Phi) is 6.06. The molecule has 0 saturated heterocycles. The molecule has 0 saturated carbocycles. The predicted octanol–water partition coefficient (Wildman–Crippen LogP) is 3.78. The van der Waals surface area contributed by atoms with E-state index in [4.69, 9.17) is 0 Å². The van der Waals surface area contributed by atoms with Gasteiger partial charge in [-0.1, -0.05) is 67.6 Å². The molecule has 0 fully saturated rings. The molecule has 0 bridgehead atoms. The maximum atomic E-state index is 12.5. The number of nitrogens with zero attached hydrogens (tertiary/aromatic N) is 3. The predicted molar refractivity (Wildman–Crippen MR) is 104 cm³/mol. The number of aryl methyl sites for hydroxylation is 1. The van der Waals surface area contributed by atoms with Crippen LogP contribution in [0.1, 0.15) is 51.1 Å².